The van der Waals surface area contributed by atoms with Gasteiger partial charge in [0, 0.05) is 63.3 Å². The van der Waals surface area contributed by atoms with Gasteiger partial charge in [-0.1, -0.05) is 80.6 Å². The first kappa shape index (κ1) is 66.0. The molecule has 2 bridgehead atoms. The summed E-state index contributed by atoms with van der Waals surface area (Å²) in [5.74, 6) is -4.23. The molecular weight excluding hydrogens is 1230 g/mol. The van der Waals surface area contributed by atoms with Crippen molar-refractivity contribution in [3.05, 3.63) is 137 Å². The molecule has 4 aliphatic rings. The van der Waals surface area contributed by atoms with E-state index in [1.165, 1.54) is 47.0 Å². The molecule has 12 rings (SSSR count). The van der Waals surface area contributed by atoms with E-state index < -0.39 is 71.3 Å². The van der Waals surface area contributed by atoms with Crippen molar-refractivity contribution in [2.45, 2.75) is 135 Å². The van der Waals surface area contributed by atoms with E-state index in [4.69, 9.17) is 43.4 Å². The highest BCUT2D eigenvalue weighted by Crippen LogP contribution is 2.45. The van der Waals surface area contributed by atoms with Crippen LogP contribution in [0.5, 0.6) is 17.5 Å². The van der Waals surface area contributed by atoms with Crippen LogP contribution in [0.15, 0.2) is 97.3 Å². The lowest BCUT2D eigenvalue weighted by Gasteiger charge is -2.42. The number of aliphatic hydroxyl groups is 2. The Kier molecular flexibility index (Phi) is 19.3. The Morgan fingerprint density at radius 1 is 0.842 bits per heavy atom. The van der Waals surface area contributed by atoms with E-state index in [0.717, 1.165) is 24.5 Å². The van der Waals surface area contributed by atoms with Gasteiger partial charge in [0.2, 0.25) is 11.8 Å². The molecule has 4 aliphatic heterocycles. The zero-order valence-corrected chi connectivity index (χ0v) is 53.9. The molecule has 3 amide bonds. The molecule has 0 unspecified atom stereocenters. The number of aryl methyl sites for hydroxylation is 1. The van der Waals surface area contributed by atoms with Gasteiger partial charge in [-0.05, 0) is 109 Å². The number of amides is 3. The minimum atomic E-state index is -1.36. The predicted molar refractivity (Wildman–Crippen MR) is 343 cm³/mol. The normalized spacial score (nSPS) is 19.0. The maximum absolute atomic E-state index is 16.1. The number of methoxy groups -OCH3 is 1. The highest BCUT2D eigenvalue weighted by molar-refractivity contribution is 6.04. The van der Waals surface area contributed by atoms with Crippen LogP contribution < -0.4 is 24.4 Å². The first-order chi connectivity index (χ1) is 45.7. The van der Waals surface area contributed by atoms with Crippen LogP contribution in [0.3, 0.4) is 0 Å². The van der Waals surface area contributed by atoms with E-state index in [1.54, 1.807) is 24.5 Å². The molecule has 25 heteroatoms. The first-order valence-electron chi connectivity index (χ1n) is 32.0. The third kappa shape index (κ3) is 13.8. The van der Waals surface area contributed by atoms with Crippen molar-refractivity contribution < 1.29 is 70.6 Å². The van der Waals surface area contributed by atoms with Crippen molar-refractivity contribution in [3.8, 4) is 51.2 Å². The summed E-state index contributed by atoms with van der Waals surface area (Å²) in [6, 6.07) is 17.9. The van der Waals surface area contributed by atoms with Crippen LogP contribution in [0, 0.1) is 29.2 Å². The predicted octanol–water partition coefficient (Wildman–Crippen LogP) is 10.6. The van der Waals surface area contributed by atoms with E-state index in [9.17, 15) is 37.8 Å². The van der Waals surface area contributed by atoms with Gasteiger partial charge < -0.3 is 53.8 Å². The lowest BCUT2D eigenvalue weighted by molar-refractivity contribution is -0.142. The fraction of sp³-hybridized carbons (Fsp3) is 0.429. The number of pyridine rings is 1. The second-order valence-electron chi connectivity index (χ2n) is 25.9. The summed E-state index contributed by atoms with van der Waals surface area (Å²) in [4.78, 5) is 63.3. The fourth-order valence-corrected chi connectivity index (χ4v) is 13.3. The van der Waals surface area contributed by atoms with Gasteiger partial charge in [0.05, 0.1) is 61.2 Å². The van der Waals surface area contributed by atoms with E-state index in [0.29, 0.717) is 119 Å². The number of carbonyl (C=O) groups is 3. The Hall–Kier alpha value is -9.04. The highest BCUT2D eigenvalue weighted by Gasteiger charge is 2.46. The smallest absolute Gasteiger partial charge is 0.410 e. The molecule has 21 nitrogen and oxygen atoms in total. The van der Waals surface area contributed by atoms with Gasteiger partial charge in [0.15, 0.2) is 24.2 Å². The number of likely N-dealkylation sites (tertiary alicyclic amines) is 1. The topological polar surface area (TPSA) is 238 Å². The maximum Gasteiger partial charge on any atom is 0.410 e. The average Bonchev–Trinajstić information content (AvgIpc) is 1.23. The van der Waals surface area contributed by atoms with Crippen LogP contribution >= 0.6 is 0 Å². The number of hydrogen-bond donors (Lipinski definition) is 3. The Balaban J connectivity index is 0.840. The zero-order valence-electron chi connectivity index (χ0n) is 53.9. The van der Waals surface area contributed by atoms with Crippen molar-refractivity contribution >= 4 is 45.4 Å². The average molecular weight is 1310 g/mol. The molecule has 0 saturated carbocycles. The van der Waals surface area contributed by atoms with E-state index >= 15 is 4.39 Å². The number of carbonyl (C=O) groups excluding carboxylic acids is 3. The number of piperazine rings is 1. The number of nitrogens with one attached hydrogen (secondary N) is 1. The molecule has 3 N–H and O–H groups in total. The molecular formula is C70H76F4N10O11. The van der Waals surface area contributed by atoms with E-state index in [2.05, 4.69) is 20.5 Å². The third-order valence-corrected chi connectivity index (χ3v) is 17.9. The second-order valence-corrected chi connectivity index (χ2v) is 25.9. The fourth-order valence-electron chi connectivity index (χ4n) is 13.3. The molecule has 5 aromatic carbocycles. The van der Waals surface area contributed by atoms with E-state index in [1.807, 2.05) is 76.8 Å². The van der Waals surface area contributed by atoms with Gasteiger partial charge in [0.25, 0.3) is 0 Å². The van der Waals surface area contributed by atoms with Gasteiger partial charge in [-0.15, -0.1) is 5.10 Å². The number of aromatic nitrogens is 6. The largest absolute Gasteiger partial charge is 0.484 e. The summed E-state index contributed by atoms with van der Waals surface area (Å²) >= 11 is 0. The lowest BCUT2D eigenvalue weighted by atomic mass is 9.94. The van der Waals surface area contributed by atoms with Gasteiger partial charge in [-0.2, -0.15) is 9.97 Å². The molecule has 7 heterocycles. The molecule has 0 spiro atoms. The number of anilines is 1. The third-order valence-electron chi connectivity index (χ3n) is 17.9. The zero-order chi connectivity index (χ0) is 67.0. The Morgan fingerprint density at radius 3 is 2.23 bits per heavy atom. The number of β-amino-alcohol motifs (C(OH)–C–C–N with tert-alkyl or cyclic N) is 1. The minimum Gasteiger partial charge on any atom is -0.484 e. The van der Waals surface area contributed by atoms with Crippen molar-refractivity contribution in [1.82, 2.24) is 45.1 Å². The summed E-state index contributed by atoms with van der Waals surface area (Å²) in [5, 5.41) is 34.9. The summed E-state index contributed by atoms with van der Waals surface area (Å²) in [7, 11) is 1.52. The number of ether oxygens (including phenoxy) is 6. The van der Waals surface area contributed by atoms with Gasteiger partial charge in [-0.3, -0.25) is 19.5 Å². The molecule has 500 valence electrons. The van der Waals surface area contributed by atoms with Crippen molar-refractivity contribution in [2.24, 2.45) is 5.92 Å². The monoisotopic (exact) mass is 1310 g/mol. The lowest BCUT2D eigenvalue weighted by Crippen LogP contribution is -2.57. The van der Waals surface area contributed by atoms with Crippen LogP contribution in [0.25, 0.3) is 55.3 Å². The Morgan fingerprint density at radius 2 is 1.55 bits per heavy atom. The van der Waals surface area contributed by atoms with Crippen molar-refractivity contribution in [3.63, 3.8) is 0 Å². The Labute approximate surface area is 546 Å². The molecule has 4 saturated heterocycles. The summed E-state index contributed by atoms with van der Waals surface area (Å²) < 4.78 is 97.5. The molecule has 6 atom stereocenters. The molecule has 3 aromatic heterocycles. The number of aliphatic hydroxyl groups excluding tert-OH is 2. The highest BCUT2D eigenvalue weighted by atomic mass is 19.2. The number of nitrogens with zero attached hydrogens (tertiary/aromatic N) is 9. The quantitative estimate of drug-likeness (QED) is 0.0365. The molecule has 0 aliphatic carbocycles. The number of fused-ring (bicyclic) bond motifs is 4. The first-order valence-corrected chi connectivity index (χ1v) is 32.0. The van der Waals surface area contributed by atoms with Gasteiger partial charge >= 0.3 is 12.1 Å². The molecule has 8 aromatic rings. The molecule has 95 heavy (non-hydrogen) atoms. The van der Waals surface area contributed by atoms with Gasteiger partial charge in [0.1, 0.15) is 70.5 Å². The summed E-state index contributed by atoms with van der Waals surface area (Å²) in [5.41, 5.74) is 2.66. The maximum atomic E-state index is 16.1. The number of rotatable bonds is 20. The SMILES string of the molecule is CCc1c(F)ccc2cc(OCOC)cc(-c3ncc4c(N5C[C@H]6CC[C@@H](C5)N6C(=O)OC(C)(C)C)nc(OC5CCOCC5)nc4c3OCc3ccc(-c4cn([C@H](C(=O)N5C[C@H](O)C[C@H]5C(=O)N[C@@H](CO)c5ccc(-c6c(F)ccc(F)c6F)cc5)C(C)C)nn4)cc3)c12. The van der Waals surface area contributed by atoms with Crippen molar-refractivity contribution in [2.75, 3.05) is 58.3 Å². The second kappa shape index (κ2) is 27.7. The van der Waals surface area contributed by atoms with Crippen LogP contribution in [0.4, 0.5) is 28.2 Å². The van der Waals surface area contributed by atoms with Gasteiger partial charge in [-0.25, -0.2) is 27.0 Å². The number of benzene rings is 5. The standard InChI is InChI=1S/C70H76F4N10O11/c1-8-49-52(71)20-17-43-27-48(93-37-90-7)29-50(58(43)49)61-64(62-51(30-75-61)65(78-68(77-62)94-47-23-25-91-26-24-47)81-31-44-18-19-45(32-81)84(44)69(89)95-70(4,5)6)92-36-39-9-11-40(12-10-39)55-34-83(80-79-55)63(38(2)3)67(88)82-33-46(86)28-57(82)66(87)76-56(35-85)41-13-15-42(16-14-41)59-53(72)21-22-54(73)60(59)74/h9-17,20-22,27,29-30,34,38,44-47,56-57,63,85-86H,8,18-19,23-26,28,31-33,35-37H2,1-7H3,(H,76,87)/t44-,45+,46-,56+,57+,63+/m1/s1. The minimum absolute atomic E-state index is 0.0214. The van der Waals surface area contributed by atoms with Crippen LogP contribution in [-0.2, 0) is 36.8 Å². The summed E-state index contributed by atoms with van der Waals surface area (Å²) in [6.45, 7) is 12.2. The number of hydrogen-bond acceptors (Lipinski definition) is 17. The van der Waals surface area contributed by atoms with Crippen molar-refractivity contribution in [1.29, 1.82) is 0 Å². The molecule has 4 fully saturated rings. The van der Waals surface area contributed by atoms with E-state index in [-0.39, 0.29) is 79.7 Å². The number of halogens is 4. The van der Waals surface area contributed by atoms with Crippen LogP contribution in [-0.4, -0.2) is 157 Å². The molecule has 0 radical (unpaired) electrons. The summed E-state index contributed by atoms with van der Waals surface area (Å²) in [6.07, 6.45) is 4.73. The Bertz CT molecular complexity index is 4140. The van der Waals surface area contributed by atoms with Crippen LogP contribution in [0.2, 0.25) is 0 Å². The van der Waals surface area contributed by atoms with Crippen LogP contribution in [0.1, 0.15) is 102 Å².